The maximum atomic E-state index is 12.6. The molecule has 2 aromatic carbocycles. The van der Waals surface area contributed by atoms with Crippen LogP contribution in [0, 0.1) is 0 Å². The maximum Gasteiger partial charge on any atom is 0.346 e. The van der Waals surface area contributed by atoms with Gasteiger partial charge in [-0.15, -0.1) is 0 Å². The van der Waals surface area contributed by atoms with Crippen LogP contribution in [-0.2, 0) is 12.0 Å². The Kier molecular flexibility index (Phi) is 4.28. The first kappa shape index (κ1) is 16.5. The highest BCUT2D eigenvalue weighted by Crippen LogP contribution is 2.23. The summed E-state index contributed by atoms with van der Waals surface area (Å²) >= 11 is 0.938. The fourth-order valence-corrected chi connectivity index (χ4v) is 3.31. The second-order valence-corrected chi connectivity index (χ2v) is 7.70. The summed E-state index contributed by atoms with van der Waals surface area (Å²) < 4.78 is 2.73. The van der Waals surface area contributed by atoms with Crippen molar-refractivity contribution in [3.8, 4) is 5.69 Å². The molecule has 0 bridgehead atoms. The van der Waals surface area contributed by atoms with Gasteiger partial charge in [0.05, 0.1) is 12.2 Å². The lowest BCUT2D eigenvalue weighted by Gasteiger charge is -2.18. The molecule has 0 aliphatic heterocycles. The molecule has 0 fully saturated rings. The summed E-state index contributed by atoms with van der Waals surface area (Å²) in [5.41, 5.74) is 2.61. The molecule has 0 amide bonds. The van der Waals surface area contributed by atoms with Crippen molar-refractivity contribution in [3.05, 3.63) is 85.9 Å². The zero-order valence-electron chi connectivity index (χ0n) is 14.0. The molecular formula is C19H20N2O2S. The monoisotopic (exact) mass is 340 g/mol. The van der Waals surface area contributed by atoms with E-state index in [0.29, 0.717) is 6.54 Å². The largest absolute Gasteiger partial charge is 0.346 e. The zero-order chi connectivity index (χ0) is 17.3. The first-order valence-electron chi connectivity index (χ1n) is 7.84. The molecule has 0 atom stereocenters. The first-order valence-corrected chi connectivity index (χ1v) is 8.61. The highest BCUT2D eigenvalue weighted by molar-refractivity contribution is 7.03. The Morgan fingerprint density at radius 3 is 2.12 bits per heavy atom. The van der Waals surface area contributed by atoms with Gasteiger partial charge in [0.2, 0.25) is 0 Å². The van der Waals surface area contributed by atoms with Crippen molar-refractivity contribution in [3.63, 3.8) is 0 Å². The predicted molar refractivity (Wildman–Crippen MR) is 98.4 cm³/mol. The molecule has 0 saturated heterocycles. The van der Waals surface area contributed by atoms with Crippen molar-refractivity contribution in [1.82, 2.24) is 8.52 Å². The first-order chi connectivity index (χ1) is 11.4. The van der Waals surface area contributed by atoms with Crippen LogP contribution in [0.4, 0.5) is 0 Å². The SMILES string of the molecule is CC(C)(C)c1ccc(-n2sc(=O)n(Cc3ccccc3)c2=O)cc1. The normalized spacial score (nSPS) is 11.6. The predicted octanol–water partition coefficient (Wildman–Crippen LogP) is 3.41. The minimum Gasteiger partial charge on any atom is -0.255 e. The molecule has 124 valence electrons. The third kappa shape index (κ3) is 3.26. The Morgan fingerprint density at radius 2 is 1.54 bits per heavy atom. The molecule has 0 N–H and O–H groups in total. The van der Waals surface area contributed by atoms with Crippen LogP contribution in [0.15, 0.2) is 64.2 Å². The third-order valence-corrected chi connectivity index (χ3v) is 4.87. The zero-order valence-corrected chi connectivity index (χ0v) is 14.8. The lowest BCUT2D eigenvalue weighted by molar-refractivity contribution is 0.590. The number of hydrogen-bond donors (Lipinski definition) is 0. The second-order valence-electron chi connectivity index (χ2n) is 6.80. The van der Waals surface area contributed by atoms with E-state index in [1.807, 2.05) is 54.6 Å². The van der Waals surface area contributed by atoms with Crippen LogP contribution in [0.3, 0.4) is 0 Å². The molecule has 0 aliphatic carbocycles. The molecule has 0 radical (unpaired) electrons. The fourth-order valence-electron chi connectivity index (χ4n) is 2.51. The number of benzene rings is 2. The van der Waals surface area contributed by atoms with E-state index in [1.165, 1.54) is 14.1 Å². The average Bonchev–Trinajstić information content (AvgIpc) is 2.83. The Balaban J connectivity index is 1.97. The highest BCUT2D eigenvalue weighted by atomic mass is 32.1. The van der Waals surface area contributed by atoms with E-state index in [-0.39, 0.29) is 16.0 Å². The summed E-state index contributed by atoms with van der Waals surface area (Å²) in [6.45, 7) is 6.72. The molecule has 3 aromatic rings. The van der Waals surface area contributed by atoms with Crippen LogP contribution in [0.1, 0.15) is 31.9 Å². The summed E-state index contributed by atoms with van der Waals surface area (Å²) in [6.07, 6.45) is 0. The second kappa shape index (κ2) is 6.24. The van der Waals surface area contributed by atoms with Crippen molar-refractivity contribution in [2.45, 2.75) is 32.7 Å². The Bertz CT molecular complexity index is 942. The van der Waals surface area contributed by atoms with E-state index in [9.17, 15) is 9.59 Å². The van der Waals surface area contributed by atoms with Gasteiger partial charge in [-0.3, -0.25) is 4.79 Å². The summed E-state index contributed by atoms with van der Waals surface area (Å²) in [5, 5.41) is 0. The van der Waals surface area contributed by atoms with Crippen LogP contribution in [0.5, 0.6) is 0 Å². The van der Waals surface area contributed by atoms with Crippen LogP contribution >= 0.6 is 11.5 Å². The van der Waals surface area contributed by atoms with Gasteiger partial charge in [-0.25, -0.2) is 13.3 Å². The number of hydrogen-bond acceptors (Lipinski definition) is 3. The van der Waals surface area contributed by atoms with Crippen molar-refractivity contribution < 1.29 is 0 Å². The fraction of sp³-hybridized carbons (Fsp3) is 0.263. The van der Waals surface area contributed by atoms with Crippen LogP contribution in [0.25, 0.3) is 5.69 Å². The molecular weight excluding hydrogens is 320 g/mol. The number of nitrogens with zero attached hydrogens (tertiary/aromatic N) is 2. The third-order valence-electron chi connectivity index (χ3n) is 3.95. The topological polar surface area (TPSA) is 44.0 Å². The summed E-state index contributed by atoms with van der Waals surface area (Å²) in [5.74, 6) is 0. The van der Waals surface area contributed by atoms with E-state index in [0.717, 1.165) is 22.8 Å². The van der Waals surface area contributed by atoms with Gasteiger partial charge < -0.3 is 0 Å². The standard InChI is InChI=1S/C19H20N2O2S/c1-19(2,3)15-9-11-16(12-10-15)21-17(22)20(18(23)24-21)13-14-7-5-4-6-8-14/h4-12H,13H2,1-3H3. The van der Waals surface area contributed by atoms with Gasteiger partial charge in [0, 0.05) is 11.5 Å². The van der Waals surface area contributed by atoms with Gasteiger partial charge >= 0.3 is 10.6 Å². The lowest BCUT2D eigenvalue weighted by atomic mass is 9.87. The van der Waals surface area contributed by atoms with E-state index in [4.69, 9.17) is 0 Å². The van der Waals surface area contributed by atoms with Gasteiger partial charge in [0.25, 0.3) is 0 Å². The molecule has 0 saturated carbocycles. The van der Waals surface area contributed by atoms with Crippen molar-refractivity contribution in [2.24, 2.45) is 0 Å². The summed E-state index contributed by atoms with van der Waals surface area (Å²) in [4.78, 5) is 24.6. The van der Waals surface area contributed by atoms with Crippen molar-refractivity contribution >= 4 is 11.5 Å². The van der Waals surface area contributed by atoms with E-state index >= 15 is 0 Å². The maximum absolute atomic E-state index is 12.6. The summed E-state index contributed by atoms with van der Waals surface area (Å²) in [7, 11) is 0. The minimum absolute atomic E-state index is 0.0514. The lowest BCUT2D eigenvalue weighted by Crippen LogP contribution is -2.28. The van der Waals surface area contributed by atoms with Gasteiger partial charge in [0.1, 0.15) is 0 Å². The van der Waals surface area contributed by atoms with Gasteiger partial charge in [-0.05, 0) is 28.7 Å². The van der Waals surface area contributed by atoms with Crippen LogP contribution in [0.2, 0.25) is 0 Å². The molecule has 1 aromatic heterocycles. The smallest absolute Gasteiger partial charge is 0.255 e. The van der Waals surface area contributed by atoms with Crippen molar-refractivity contribution in [2.75, 3.05) is 0 Å². The van der Waals surface area contributed by atoms with E-state index < -0.39 is 0 Å². The molecule has 5 heteroatoms. The highest BCUT2D eigenvalue weighted by Gasteiger charge is 2.15. The van der Waals surface area contributed by atoms with Gasteiger partial charge in [-0.1, -0.05) is 63.2 Å². The molecule has 24 heavy (non-hydrogen) atoms. The Morgan fingerprint density at radius 1 is 0.917 bits per heavy atom. The molecule has 0 spiro atoms. The van der Waals surface area contributed by atoms with Crippen molar-refractivity contribution in [1.29, 1.82) is 0 Å². The minimum atomic E-state index is -0.294. The Labute approximate surface area is 144 Å². The molecule has 4 nitrogen and oxygen atoms in total. The summed E-state index contributed by atoms with van der Waals surface area (Å²) in [6, 6.07) is 17.3. The molecule has 1 heterocycles. The molecule has 0 unspecified atom stereocenters. The molecule has 0 aliphatic rings. The molecule has 3 rings (SSSR count). The number of rotatable bonds is 3. The Hall–Kier alpha value is -2.40. The van der Waals surface area contributed by atoms with E-state index in [2.05, 4.69) is 20.8 Å². The van der Waals surface area contributed by atoms with Crippen LogP contribution < -0.4 is 10.6 Å². The van der Waals surface area contributed by atoms with Crippen LogP contribution in [-0.4, -0.2) is 8.52 Å². The van der Waals surface area contributed by atoms with Gasteiger partial charge in [0.15, 0.2) is 0 Å². The average molecular weight is 340 g/mol. The number of aromatic nitrogens is 2. The quantitative estimate of drug-likeness (QED) is 0.733. The van der Waals surface area contributed by atoms with E-state index in [1.54, 1.807) is 0 Å². The van der Waals surface area contributed by atoms with Gasteiger partial charge in [-0.2, -0.15) is 0 Å².